The van der Waals surface area contributed by atoms with Gasteiger partial charge in [-0.15, -0.1) is 0 Å². The van der Waals surface area contributed by atoms with Crippen LogP contribution in [-0.4, -0.2) is 10.6 Å². The lowest BCUT2D eigenvalue weighted by molar-refractivity contribution is -1.92. The molecule has 0 saturated carbocycles. The molecule has 6 nitrogen and oxygen atoms in total. The maximum Gasteiger partial charge on any atom is 0.221 e. The number of hydrogen-bond donors (Lipinski definition) is 2. The Morgan fingerprint density at radius 3 is 2.18 bits per heavy atom. The van der Waals surface area contributed by atoms with E-state index in [1.54, 1.807) is 0 Å². The highest BCUT2D eigenvalue weighted by atomic mass is 79.9. The molecule has 0 spiro atoms. The molecule has 0 aliphatic rings. The summed E-state index contributed by atoms with van der Waals surface area (Å²) in [7, 11) is -4.69. The Kier molecular flexibility index (Phi) is 7.17. The zero-order valence-electron chi connectivity index (χ0n) is 8.45. The second-order valence-corrected chi connectivity index (χ2v) is 5.26. The molecule has 0 aliphatic heterocycles. The summed E-state index contributed by atoms with van der Waals surface area (Å²) >= 11 is 6.65. The third-order valence-electron chi connectivity index (χ3n) is 1.24. The van der Waals surface area contributed by atoms with Crippen molar-refractivity contribution < 1.29 is 33.7 Å². The van der Waals surface area contributed by atoms with Crippen LogP contribution < -0.4 is 19.3 Å². The van der Waals surface area contributed by atoms with E-state index in [-0.39, 0.29) is 5.91 Å². The third-order valence-corrected chi connectivity index (χ3v) is 2.39. The summed E-state index contributed by atoms with van der Waals surface area (Å²) in [6, 6.07) is 5.58. The average Bonchev–Trinajstić information content (AvgIpc) is 2.06. The van der Waals surface area contributed by atoms with Crippen LogP contribution in [0.15, 0.2) is 27.1 Å². The van der Waals surface area contributed by atoms with Gasteiger partial charge in [0.05, 0.1) is 20.6 Å². The molecule has 0 heterocycles. The summed E-state index contributed by atoms with van der Waals surface area (Å²) < 4.78 is 34.6. The number of carbonyl (C=O) groups is 1. The smallest absolute Gasteiger partial charge is 0.221 e. The van der Waals surface area contributed by atoms with Gasteiger partial charge in [-0.25, -0.2) is 0 Å². The molecule has 0 aliphatic carbocycles. The summed E-state index contributed by atoms with van der Waals surface area (Å²) in [4.78, 5) is 10.7. The predicted molar refractivity (Wildman–Crippen MR) is 58.4 cm³/mol. The fraction of sp³-hybridized carbons (Fsp3) is 0.125. The summed E-state index contributed by atoms with van der Waals surface area (Å²) in [5.41, 5.74) is 0.783. The van der Waals surface area contributed by atoms with Gasteiger partial charge in [0, 0.05) is 15.9 Å². The molecule has 0 bridgehead atoms. The molecule has 9 heteroatoms. The minimum atomic E-state index is -4.69. The van der Waals surface area contributed by atoms with Gasteiger partial charge < -0.3 is 5.32 Å². The van der Waals surface area contributed by atoms with Crippen LogP contribution in [0.2, 0.25) is 0 Å². The van der Waals surface area contributed by atoms with Gasteiger partial charge in [0.25, 0.3) is 0 Å². The monoisotopic (exact) mass is 391 g/mol. The fourth-order valence-corrected chi connectivity index (χ4v) is 1.93. The fourth-order valence-electron chi connectivity index (χ4n) is 0.780. The molecule has 1 aromatic rings. The second kappa shape index (κ2) is 7.27. The minimum Gasteiger partial charge on any atom is -0.325 e. The van der Waals surface area contributed by atoms with Crippen molar-refractivity contribution >= 4 is 43.5 Å². The van der Waals surface area contributed by atoms with Gasteiger partial charge in [0.15, 0.2) is 0 Å². The zero-order chi connectivity index (χ0) is 13.6. The van der Waals surface area contributed by atoms with E-state index in [0.29, 0.717) is 0 Å². The Balaban J connectivity index is 0.000000437. The summed E-state index contributed by atoms with van der Waals surface area (Å²) in [5.74, 6) is -0.0713. The first-order valence-corrected chi connectivity index (χ1v) is 6.80. The van der Waals surface area contributed by atoms with Crippen LogP contribution in [0, 0.1) is 10.2 Å². The van der Waals surface area contributed by atoms with Crippen molar-refractivity contribution in [3.63, 3.8) is 0 Å². The number of hydrogen-bond acceptors (Lipinski definition) is 5. The Morgan fingerprint density at radius 2 is 1.82 bits per heavy atom. The number of anilines is 1. The average molecular weight is 393 g/mol. The quantitative estimate of drug-likeness (QED) is 0.638. The number of nitrogens with one attached hydrogen (secondary N) is 1. The van der Waals surface area contributed by atoms with Gasteiger partial charge >= 0.3 is 0 Å². The van der Waals surface area contributed by atoms with Gasteiger partial charge in [-0.3, -0.25) is 4.79 Å². The van der Waals surface area contributed by atoms with Gasteiger partial charge in [-0.05, 0) is 34.1 Å². The minimum absolute atomic E-state index is 0.0713. The molecule has 0 radical (unpaired) electrons. The zero-order valence-corrected chi connectivity index (χ0v) is 12.4. The van der Waals surface area contributed by atoms with Crippen molar-refractivity contribution in [2.75, 3.05) is 5.32 Å². The Labute approximate surface area is 116 Å². The number of rotatable bonds is 1. The Bertz CT molecular complexity index is 390. The lowest BCUT2D eigenvalue weighted by Gasteiger charge is -2.04. The molecule has 0 unspecified atom stereocenters. The Hall–Kier alpha value is -0.220. The molecule has 0 aromatic heterocycles. The van der Waals surface area contributed by atoms with E-state index < -0.39 is 10.2 Å². The molecule has 0 fully saturated rings. The van der Waals surface area contributed by atoms with Gasteiger partial charge in [-0.1, -0.05) is 15.9 Å². The van der Waals surface area contributed by atoms with Crippen LogP contribution in [-0.2, 0) is 4.79 Å². The van der Waals surface area contributed by atoms with Gasteiger partial charge in [0.1, 0.15) is 0 Å². The highest BCUT2D eigenvalue weighted by Crippen LogP contribution is 2.25. The number of halogens is 3. The lowest BCUT2D eigenvalue weighted by atomic mass is 10.3. The van der Waals surface area contributed by atoms with Crippen molar-refractivity contribution in [2.45, 2.75) is 6.92 Å². The molecule has 17 heavy (non-hydrogen) atoms. The SMILES string of the molecule is CC(=O)Nc1ccc(Br)cc1Br.[O-][Cl+3]([O-])([O-])O. The third kappa shape index (κ3) is 10.6. The first kappa shape index (κ1) is 16.8. The maximum atomic E-state index is 10.7. The summed E-state index contributed by atoms with van der Waals surface area (Å²) in [5, 5.41) is 2.69. The lowest BCUT2D eigenvalue weighted by Crippen LogP contribution is -2.58. The number of amides is 1. The molecular formula is C8H8Br2ClNO5. The molecule has 1 aromatic carbocycles. The molecule has 1 amide bonds. The van der Waals surface area contributed by atoms with Crippen LogP contribution in [0.4, 0.5) is 5.69 Å². The molecule has 1 rings (SSSR count). The van der Waals surface area contributed by atoms with E-state index in [4.69, 9.17) is 18.6 Å². The van der Waals surface area contributed by atoms with Gasteiger partial charge in [0.2, 0.25) is 5.91 Å². The highest BCUT2D eigenvalue weighted by molar-refractivity contribution is 9.11. The molecule has 0 atom stereocenters. The van der Waals surface area contributed by atoms with Crippen LogP contribution in [0.25, 0.3) is 0 Å². The molecule has 2 N–H and O–H groups in total. The van der Waals surface area contributed by atoms with Gasteiger partial charge in [-0.2, -0.15) is 14.0 Å². The topological polar surface area (TPSA) is 119 Å². The molecular weight excluding hydrogens is 385 g/mol. The van der Waals surface area contributed by atoms with Crippen LogP contribution in [0.1, 0.15) is 6.92 Å². The van der Waals surface area contributed by atoms with E-state index in [2.05, 4.69) is 37.2 Å². The van der Waals surface area contributed by atoms with Crippen LogP contribution >= 0.6 is 31.9 Å². The van der Waals surface area contributed by atoms with E-state index in [1.165, 1.54) is 6.92 Å². The maximum absolute atomic E-state index is 10.7. The number of benzene rings is 1. The second-order valence-electron chi connectivity index (χ2n) is 2.70. The van der Waals surface area contributed by atoms with E-state index in [0.717, 1.165) is 14.6 Å². The summed E-state index contributed by atoms with van der Waals surface area (Å²) in [6.45, 7) is 1.48. The predicted octanol–water partition coefficient (Wildman–Crippen LogP) is -0.954. The van der Waals surface area contributed by atoms with E-state index in [1.807, 2.05) is 18.2 Å². The summed E-state index contributed by atoms with van der Waals surface area (Å²) in [6.07, 6.45) is 0. The van der Waals surface area contributed by atoms with Crippen molar-refractivity contribution in [3.8, 4) is 0 Å². The molecule has 96 valence electrons. The highest BCUT2D eigenvalue weighted by Gasteiger charge is 2.00. The van der Waals surface area contributed by atoms with Crippen molar-refractivity contribution in [3.05, 3.63) is 27.1 Å². The van der Waals surface area contributed by atoms with Crippen molar-refractivity contribution in [2.24, 2.45) is 0 Å². The van der Waals surface area contributed by atoms with E-state index >= 15 is 0 Å². The molecule has 0 saturated heterocycles. The largest absolute Gasteiger partial charge is 0.325 e. The van der Waals surface area contributed by atoms with E-state index in [9.17, 15) is 4.79 Å². The standard InChI is InChI=1S/C8H7Br2NO.ClHO4/c1-5(12)11-8-3-2-6(9)4-7(8)10;2-1(3,4)5/h2-4H,1H3,(H,11,12);(H,2,3,4,5). The number of carbonyl (C=O) groups excluding carboxylic acids is 1. The van der Waals surface area contributed by atoms with Crippen molar-refractivity contribution in [1.82, 2.24) is 0 Å². The Morgan fingerprint density at radius 1 is 1.35 bits per heavy atom. The normalized spacial score (nSPS) is 10.3. The van der Waals surface area contributed by atoms with Crippen LogP contribution in [0.5, 0.6) is 0 Å². The first-order valence-electron chi connectivity index (χ1n) is 3.95. The van der Waals surface area contributed by atoms with Crippen molar-refractivity contribution in [1.29, 1.82) is 0 Å². The first-order chi connectivity index (χ1) is 7.59. The van der Waals surface area contributed by atoms with Crippen LogP contribution in [0.3, 0.4) is 0 Å².